The average Bonchev–Trinajstić information content (AvgIpc) is 3.11. The molecule has 0 bridgehead atoms. The zero-order chi connectivity index (χ0) is 23.8. The number of ether oxygens (including phenoxy) is 1. The van der Waals surface area contributed by atoms with Crippen LogP contribution in [0.1, 0.15) is 58.6 Å². The van der Waals surface area contributed by atoms with Crippen molar-refractivity contribution >= 4 is 16.9 Å². The number of carbonyl (C=O) groups excluding carboxylic acids is 1. The molecule has 5 heteroatoms. The lowest BCUT2D eigenvalue weighted by atomic mass is 9.97. The molecule has 1 aliphatic rings. The summed E-state index contributed by atoms with van der Waals surface area (Å²) < 4.78 is 12.2. The zero-order valence-corrected chi connectivity index (χ0v) is 19.6. The van der Waals surface area contributed by atoms with Gasteiger partial charge < -0.3 is 14.1 Å². The predicted octanol–water partition coefficient (Wildman–Crippen LogP) is 6.55. The molecule has 0 fully saturated rings. The van der Waals surface area contributed by atoms with E-state index in [0.717, 1.165) is 35.3 Å². The molecule has 2 heterocycles. The van der Waals surface area contributed by atoms with Crippen molar-refractivity contribution in [1.82, 2.24) is 4.90 Å². The van der Waals surface area contributed by atoms with Gasteiger partial charge in [0.2, 0.25) is 5.76 Å². The molecule has 4 aromatic rings. The quantitative estimate of drug-likeness (QED) is 0.332. The summed E-state index contributed by atoms with van der Waals surface area (Å²) in [6, 6.07) is 20.5. The van der Waals surface area contributed by atoms with Crippen LogP contribution in [0.3, 0.4) is 0 Å². The van der Waals surface area contributed by atoms with Gasteiger partial charge in [-0.25, -0.2) is 0 Å². The highest BCUT2D eigenvalue weighted by Gasteiger charge is 2.42. The summed E-state index contributed by atoms with van der Waals surface area (Å²) in [5.74, 6) is 1.29. The Morgan fingerprint density at radius 3 is 2.47 bits per heavy atom. The molecule has 172 valence electrons. The number of para-hydroxylation sites is 1. The van der Waals surface area contributed by atoms with Crippen molar-refractivity contribution in [3.63, 3.8) is 0 Å². The maximum Gasteiger partial charge on any atom is 0.290 e. The van der Waals surface area contributed by atoms with Gasteiger partial charge in [-0.05, 0) is 67.3 Å². The Hall–Kier alpha value is -3.86. The molecule has 0 aliphatic carbocycles. The van der Waals surface area contributed by atoms with E-state index < -0.39 is 6.04 Å². The third kappa shape index (κ3) is 3.77. The van der Waals surface area contributed by atoms with E-state index in [2.05, 4.69) is 6.92 Å². The smallest absolute Gasteiger partial charge is 0.290 e. The van der Waals surface area contributed by atoms with Crippen LogP contribution in [0.5, 0.6) is 11.5 Å². The molecule has 0 radical (unpaired) electrons. The molecule has 34 heavy (non-hydrogen) atoms. The number of carbonyl (C=O) groups is 1. The van der Waals surface area contributed by atoms with Crippen LogP contribution in [0.15, 0.2) is 75.9 Å². The van der Waals surface area contributed by atoms with Crippen molar-refractivity contribution in [3.05, 3.63) is 105 Å². The van der Waals surface area contributed by atoms with Crippen LogP contribution in [0, 0.1) is 13.8 Å². The molecular weight excluding hydrogens is 426 g/mol. The van der Waals surface area contributed by atoms with Crippen molar-refractivity contribution in [3.8, 4) is 11.5 Å². The Labute approximate surface area is 198 Å². The van der Waals surface area contributed by atoms with Gasteiger partial charge in [0.1, 0.15) is 17.1 Å². The SMILES string of the molecule is CCCCN1C(=O)c2oc3c(C)cc(C)cc3c(=O)c2C1c1cccc(Oc2ccccc2)c1. The molecule has 0 spiro atoms. The first-order chi connectivity index (χ1) is 16.5. The fraction of sp³-hybridized carbons (Fsp3) is 0.241. The molecule has 0 saturated carbocycles. The van der Waals surface area contributed by atoms with Gasteiger partial charge >= 0.3 is 0 Å². The summed E-state index contributed by atoms with van der Waals surface area (Å²) in [5, 5.41) is 0.517. The van der Waals surface area contributed by atoms with E-state index >= 15 is 0 Å². The van der Waals surface area contributed by atoms with Crippen LogP contribution in [-0.2, 0) is 0 Å². The minimum absolute atomic E-state index is 0.144. The first-order valence-corrected chi connectivity index (χ1v) is 11.7. The van der Waals surface area contributed by atoms with E-state index in [4.69, 9.17) is 9.15 Å². The average molecular weight is 454 g/mol. The number of amides is 1. The first-order valence-electron chi connectivity index (χ1n) is 11.7. The topological polar surface area (TPSA) is 59.8 Å². The number of nitrogens with zero attached hydrogens (tertiary/aromatic N) is 1. The van der Waals surface area contributed by atoms with Gasteiger partial charge in [0, 0.05) is 6.54 Å². The molecule has 0 saturated heterocycles. The summed E-state index contributed by atoms with van der Waals surface area (Å²) in [4.78, 5) is 29.0. The largest absolute Gasteiger partial charge is 0.457 e. The molecule has 1 aliphatic heterocycles. The van der Waals surface area contributed by atoms with E-state index in [1.165, 1.54) is 0 Å². The van der Waals surface area contributed by atoms with Gasteiger partial charge in [-0.2, -0.15) is 0 Å². The highest BCUT2D eigenvalue weighted by Crippen LogP contribution is 2.40. The van der Waals surface area contributed by atoms with Crippen LogP contribution in [-0.4, -0.2) is 17.4 Å². The lowest BCUT2D eigenvalue weighted by molar-refractivity contribution is 0.0725. The lowest BCUT2D eigenvalue weighted by Gasteiger charge is -2.25. The minimum Gasteiger partial charge on any atom is -0.457 e. The van der Waals surface area contributed by atoms with Crippen LogP contribution in [0.25, 0.3) is 11.0 Å². The number of rotatable bonds is 6. The Bertz CT molecular complexity index is 1440. The van der Waals surface area contributed by atoms with Gasteiger partial charge in [-0.3, -0.25) is 9.59 Å². The number of benzene rings is 3. The minimum atomic E-state index is -0.519. The summed E-state index contributed by atoms with van der Waals surface area (Å²) >= 11 is 0. The highest BCUT2D eigenvalue weighted by atomic mass is 16.5. The maximum atomic E-state index is 13.8. The van der Waals surface area contributed by atoms with E-state index in [1.54, 1.807) is 4.90 Å². The predicted molar refractivity (Wildman–Crippen MR) is 133 cm³/mol. The molecule has 3 aromatic carbocycles. The Morgan fingerprint density at radius 1 is 0.941 bits per heavy atom. The molecular formula is C29H27NO4. The molecule has 1 aromatic heterocycles. The van der Waals surface area contributed by atoms with Crippen molar-refractivity contribution in [2.75, 3.05) is 6.54 Å². The number of fused-ring (bicyclic) bond motifs is 2. The zero-order valence-electron chi connectivity index (χ0n) is 19.6. The van der Waals surface area contributed by atoms with Crippen molar-refractivity contribution < 1.29 is 13.9 Å². The number of hydrogen-bond donors (Lipinski definition) is 0. The number of aryl methyl sites for hydroxylation is 2. The van der Waals surface area contributed by atoms with Gasteiger partial charge in [-0.1, -0.05) is 49.7 Å². The van der Waals surface area contributed by atoms with E-state index in [0.29, 0.717) is 28.8 Å². The standard InChI is InChI=1S/C29H27NO4/c1-4-5-14-30-25(20-10-9-13-22(17-20)33-21-11-7-6-8-12-21)24-26(31)23-16-18(2)15-19(3)27(23)34-28(24)29(30)32/h6-13,15-17,25H,4-5,14H2,1-3H3. The van der Waals surface area contributed by atoms with Crippen LogP contribution < -0.4 is 10.2 Å². The van der Waals surface area contributed by atoms with Gasteiger partial charge in [-0.15, -0.1) is 0 Å². The second-order valence-electron chi connectivity index (χ2n) is 8.87. The summed E-state index contributed by atoms with van der Waals surface area (Å²) in [5.41, 5.74) is 3.42. The fourth-order valence-electron chi connectivity index (χ4n) is 4.75. The van der Waals surface area contributed by atoms with E-state index in [9.17, 15) is 9.59 Å². The molecule has 1 unspecified atom stereocenters. The number of unbranched alkanes of at least 4 members (excludes halogenated alkanes) is 1. The fourth-order valence-corrected chi connectivity index (χ4v) is 4.75. The first kappa shape index (κ1) is 22.0. The van der Waals surface area contributed by atoms with E-state index in [1.807, 2.05) is 80.6 Å². The van der Waals surface area contributed by atoms with Crippen molar-refractivity contribution in [2.24, 2.45) is 0 Å². The van der Waals surface area contributed by atoms with Gasteiger partial charge in [0.25, 0.3) is 5.91 Å². The lowest BCUT2D eigenvalue weighted by Crippen LogP contribution is -2.30. The van der Waals surface area contributed by atoms with Crippen LogP contribution in [0.4, 0.5) is 0 Å². The highest BCUT2D eigenvalue weighted by molar-refractivity contribution is 5.99. The third-order valence-corrected chi connectivity index (χ3v) is 6.30. The molecule has 5 nitrogen and oxygen atoms in total. The normalized spacial score (nSPS) is 15.1. The molecule has 0 N–H and O–H groups in total. The Morgan fingerprint density at radius 2 is 1.71 bits per heavy atom. The molecule has 1 amide bonds. The van der Waals surface area contributed by atoms with Gasteiger partial charge in [0.05, 0.1) is 17.0 Å². The third-order valence-electron chi connectivity index (χ3n) is 6.30. The summed E-state index contributed by atoms with van der Waals surface area (Å²) in [7, 11) is 0. The summed E-state index contributed by atoms with van der Waals surface area (Å²) in [6.07, 6.45) is 1.77. The maximum absolute atomic E-state index is 13.8. The Kier molecular flexibility index (Phi) is 5.70. The van der Waals surface area contributed by atoms with Gasteiger partial charge in [0.15, 0.2) is 5.43 Å². The molecule has 5 rings (SSSR count). The van der Waals surface area contributed by atoms with Crippen molar-refractivity contribution in [2.45, 2.75) is 39.7 Å². The summed E-state index contributed by atoms with van der Waals surface area (Å²) in [6.45, 7) is 6.49. The molecule has 1 atom stereocenters. The van der Waals surface area contributed by atoms with Crippen LogP contribution in [0.2, 0.25) is 0 Å². The van der Waals surface area contributed by atoms with Crippen LogP contribution >= 0.6 is 0 Å². The Balaban J connectivity index is 1.67. The second kappa shape index (κ2) is 8.82. The van der Waals surface area contributed by atoms with Crippen molar-refractivity contribution in [1.29, 1.82) is 0 Å². The number of hydrogen-bond acceptors (Lipinski definition) is 4. The van der Waals surface area contributed by atoms with E-state index in [-0.39, 0.29) is 17.1 Å². The monoisotopic (exact) mass is 453 g/mol. The second-order valence-corrected chi connectivity index (χ2v) is 8.87.